The third-order valence-electron chi connectivity index (χ3n) is 2.34. The van der Waals surface area contributed by atoms with Gasteiger partial charge in [0.1, 0.15) is 12.1 Å². The minimum atomic E-state index is 0.410. The number of nitrogen functional groups attached to an aromatic ring is 1. The smallest absolute Gasteiger partial charge is 0.165 e. The monoisotopic (exact) mass is 227 g/mol. The van der Waals surface area contributed by atoms with Crippen molar-refractivity contribution in [2.24, 2.45) is 0 Å². The molecule has 2 N–H and O–H groups in total. The van der Waals surface area contributed by atoms with Crippen molar-refractivity contribution in [2.45, 2.75) is 0 Å². The van der Waals surface area contributed by atoms with Gasteiger partial charge in [-0.05, 0) is 12.1 Å². The van der Waals surface area contributed by atoms with Crippen LogP contribution >= 0.6 is 0 Å². The van der Waals surface area contributed by atoms with Gasteiger partial charge in [-0.1, -0.05) is 0 Å². The number of hydrogen-bond donors (Lipinski definition) is 1. The van der Waals surface area contributed by atoms with Gasteiger partial charge in [-0.3, -0.25) is 0 Å². The van der Waals surface area contributed by atoms with E-state index in [1.54, 1.807) is 37.2 Å². The molecule has 3 aromatic heterocycles. The molecule has 0 aromatic carbocycles. The lowest BCUT2D eigenvalue weighted by Crippen LogP contribution is -1.96. The van der Waals surface area contributed by atoms with Crippen LogP contribution in [0.1, 0.15) is 0 Å². The number of furan rings is 2. The van der Waals surface area contributed by atoms with Crippen LogP contribution in [0.4, 0.5) is 5.82 Å². The summed E-state index contributed by atoms with van der Waals surface area (Å²) >= 11 is 0. The van der Waals surface area contributed by atoms with E-state index in [2.05, 4.69) is 9.97 Å². The first kappa shape index (κ1) is 9.65. The largest absolute Gasteiger partial charge is 0.472 e. The molecule has 0 saturated carbocycles. The molecule has 0 amide bonds. The van der Waals surface area contributed by atoms with Gasteiger partial charge in [-0.25, -0.2) is 9.97 Å². The molecule has 84 valence electrons. The van der Waals surface area contributed by atoms with Crippen molar-refractivity contribution in [2.75, 3.05) is 5.73 Å². The van der Waals surface area contributed by atoms with E-state index in [0.29, 0.717) is 11.6 Å². The molecule has 0 atom stereocenters. The Balaban J connectivity index is 2.13. The molecular formula is C12H9N3O2. The van der Waals surface area contributed by atoms with E-state index >= 15 is 0 Å². The zero-order valence-electron chi connectivity index (χ0n) is 8.83. The second kappa shape index (κ2) is 3.79. The summed E-state index contributed by atoms with van der Waals surface area (Å²) in [4.78, 5) is 8.57. The third-order valence-corrected chi connectivity index (χ3v) is 2.34. The van der Waals surface area contributed by atoms with E-state index in [9.17, 15) is 0 Å². The Hall–Kier alpha value is -2.56. The van der Waals surface area contributed by atoms with E-state index in [1.165, 1.54) is 0 Å². The Bertz CT molecular complexity index is 563. The predicted octanol–water partition coefficient (Wildman–Crippen LogP) is 2.58. The van der Waals surface area contributed by atoms with Crippen LogP contribution in [0, 0.1) is 0 Å². The second-order valence-corrected chi connectivity index (χ2v) is 3.53. The van der Waals surface area contributed by atoms with Crippen LogP contribution in [0.25, 0.3) is 22.6 Å². The van der Waals surface area contributed by atoms with Gasteiger partial charge < -0.3 is 14.6 Å². The molecule has 0 bridgehead atoms. The molecule has 5 nitrogen and oxygen atoms in total. The maximum absolute atomic E-state index is 5.76. The molecule has 3 rings (SSSR count). The maximum atomic E-state index is 5.76. The molecular weight excluding hydrogens is 218 g/mol. The normalized spacial score (nSPS) is 10.6. The second-order valence-electron chi connectivity index (χ2n) is 3.53. The Morgan fingerprint density at radius 1 is 0.941 bits per heavy atom. The maximum Gasteiger partial charge on any atom is 0.165 e. The van der Waals surface area contributed by atoms with E-state index in [-0.39, 0.29) is 0 Å². The van der Waals surface area contributed by atoms with Crippen molar-refractivity contribution in [3.05, 3.63) is 43.3 Å². The van der Waals surface area contributed by atoms with Crippen LogP contribution in [-0.2, 0) is 0 Å². The number of rotatable bonds is 2. The van der Waals surface area contributed by atoms with Gasteiger partial charge in [-0.15, -0.1) is 0 Å². The molecule has 3 aromatic rings. The number of anilines is 1. The fourth-order valence-electron chi connectivity index (χ4n) is 1.54. The standard InChI is InChI=1S/C12H9N3O2/c13-11-5-10(8-1-3-16-6-8)14-12(15-11)9-2-4-17-7-9/h1-7H,(H2,13,14,15). The first-order valence-electron chi connectivity index (χ1n) is 5.02. The predicted molar refractivity (Wildman–Crippen MR) is 61.8 cm³/mol. The summed E-state index contributed by atoms with van der Waals surface area (Å²) in [5.74, 6) is 0.947. The first-order valence-corrected chi connectivity index (χ1v) is 5.02. The molecule has 0 unspecified atom stereocenters. The van der Waals surface area contributed by atoms with Gasteiger partial charge >= 0.3 is 0 Å². The highest BCUT2D eigenvalue weighted by Crippen LogP contribution is 2.23. The van der Waals surface area contributed by atoms with Gasteiger partial charge in [-0.2, -0.15) is 0 Å². The van der Waals surface area contributed by atoms with Gasteiger partial charge in [0.05, 0.1) is 30.0 Å². The summed E-state index contributed by atoms with van der Waals surface area (Å²) in [7, 11) is 0. The summed E-state index contributed by atoms with van der Waals surface area (Å²) < 4.78 is 10.0. The number of aromatic nitrogens is 2. The minimum Gasteiger partial charge on any atom is -0.472 e. The third kappa shape index (κ3) is 1.78. The molecule has 3 heterocycles. The van der Waals surface area contributed by atoms with Crippen LogP contribution in [0.5, 0.6) is 0 Å². The summed E-state index contributed by atoms with van der Waals surface area (Å²) in [6.45, 7) is 0. The molecule has 0 aliphatic heterocycles. The van der Waals surface area contributed by atoms with Gasteiger partial charge in [0.25, 0.3) is 0 Å². The molecule has 0 saturated heterocycles. The molecule has 0 aliphatic carbocycles. The Morgan fingerprint density at radius 2 is 1.65 bits per heavy atom. The van der Waals surface area contributed by atoms with Crippen LogP contribution in [0.3, 0.4) is 0 Å². The highest BCUT2D eigenvalue weighted by molar-refractivity contribution is 5.65. The van der Waals surface area contributed by atoms with Crippen LogP contribution in [-0.4, -0.2) is 9.97 Å². The number of nitrogens with zero attached hydrogens (tertiary/aromatic N) is 2. The van der Waals surface area contributed by atoms with E-state index in [4.69, 9.17) is 14.6 Å². The molecule has 0 fully saturated rings. The molecule has 5 heteroatoms. The highest BCUT2D eigenvalue weighted by atomic mass is 16.3. The van der Waals surface area contributed by atoms with Crippen molar-refractivity contribution >= 4 is 5.82 Å². The number of nitrogens with two attached hydrogens (primary N) is 1. The molecule has 17 heavy (non-hydrogen) atoms. The fraction of sp³-hybridized carbons (Fsp3) is 0. The Morgan fingerprint density at radius 3 is 2.29 bits per heavy atom. The summed E-state index contributed by atoms with van der Waals surface area (Å²) in [6.07, 6.45) is 6.35. The average molecular weight is 227 g/mol. The zero-order valence-corrected chi connectivity index (χ0v) is 8.83. The quantitative estimate of drug-likeness (QED) is 0.727. The average Bonchev–Trinajstić information content (AvgIpc) is 3.02. The lowest BCUT2D eigenvalue weighted by molar-refractivity contribution is 0.568. The Kier molecular flexibility index (Phi) is 2.15. The molecule has 0 radical (unpaired) electrons. The lowest BCUT2D eigenvalue weighted by Gasteiger charge is -2.02. The topological polar surface area (TPSA) is 78.1 Å². The van der Waals surface area contributed by atoms with Crippen molar-refractivity contribution in [3.8, 4) is 22.6 Å². The summed E-state index contributed by atoms with van der Waals surface area (Å²) in [6, 6.07) is 5.31. The van der Waals surface area contributed by atoms with E-state index in [1.807, 2.05) is 6.07 Å². The van der Waals surface area contributed by atoms with Crippen LogP contribution < -0.4 is 5.73 Å². The van der Waals surface area contributed by atoms with E-state index in [0.717, 1.165) is 16.8 Å². The van der Waals surface area contributed by atoms with Crippen molar-refractivity contribution < 1.29 is 8.83 Å². The molecule has 0 aliphatic rings. The summed E-state index contributed by atoms with van der Waals surface area (Å²) in [5.41, 5.74) is 8.14. The fourth-order valence-corrected chi connectivity index (χ4v) is 1.54. The SMILES string of the molecule is Nc1cc(-c2ccoc2)nc(-c2ccoc2)n1. The van der Waals surface area contributed by atoms with Crippen LogP contribution in [0.2, 0.25) is 0 Å². The Labute approximate surface area is 96.9 Å². The molecule has 0 spiro atoms. The van der Waals surface area contributed by atoms with Gasteiger partial charge in [0.15, 0.2) is 5.82 Å². The first-order chi connectivity index (χ1) is 8.33. The van der Waals surface area contributed by atoms with Gasteiger partial charge in [0, 0.05) is 11.6 Å². The zero-order chi connectivity index (χ0) is 11.7. The highest BCUT2D eigenvalue weighted by Gasteiger charge is 2.08. The summed E-state index contributed by atoms with van der Waals surface area (Å²) in [5, 5.41) is 0. The lowest BCUT2D eigenvalue weighted by atomic mass is 10.2. The number of hydrogen-bond acceptors (Lipinski definition) is 5. The van der Waals surface area contributed by atoms with Crippen LogP contribution in [0.15, 0.2) is 52.1 Å². The van der Waals surface area contributed by atoms with Gasteiger partial charge in [0.2, 0.25) is 0 Å². The van der Waals surface area contributed by atoms with Crippen molar-refractivity contribution in [1.82, 2.24) is 9.97 Å². The van der Waals surface area contributed by atoms with E-state index < -0.39 is 0 Å². The van der Waals surface area contributed by atoms with Crippen molar-refractivity contribution in [3.63, 3.8) is 0 Å². The van der Waals surface area contributed by atoms with Crippen molar-refractivity contribution in [1.29, 1.82) is 0 Å². The minimum absolute atomic E-state index is 0.410.